The van der Waals surface area contributed by atoms with Crippen LogP contribution in [0, 0.1) is 12.7 Å². The fourth-order valence-electron chi connectivity index (χ4n) is 4.33. The number of aromatic nitrogens is 1. The van der Waals surface area contributed by atoms with Gasteiger partial charge in [-0.05, 0) is 70.8 Å². The molecule has 9 heteroatoms. The van der Waals surface area contributed by atoms with E-state index in [9.17, 15) is 19.1 Å². The van der Waals surface area contributed by atoms with Crippen LogP contribution in [0.25, 0.3) is 10.4 Å². The van der Waals surface area contributed by atoms with Crippen molar-refractivity contribution in [3.63, 3.8) is 0 Å². The summed E-state index contributed by atoms with van der Waals surface area (Å²) in [5, 5.41) is 17.8. The van der Waals surface area contributed by atoms with Crippen LogP contribution in [0.5, 0.6) is 5.75 Å². The Morgan fingerprint density at radius 2 is 1.87 bits per heavy atom. The van der Waals surface area contributed by atoms with Gasteiger partial charge >= 0.3 is 5.97 Å². The lowest BCUT2D eigenvalue weighted by Gasteiger charge is -2.17. The Balaban J connectivity index is 1.40. The van der Waals surface area contributed by atoms with Crippen molar-refractivity contribution in [3.8, 4) is 16.2 Å². The number of anilines is 1. The lowest BCUT2D eigenvalue weighted by atomic mass is 9.98. The van der Waals surface area contributed by atoms with Crippen LogP contribution in [0.2, 0.25) is 0 Å². The van der Waals surface area contributed by atoms with E-state index in [1.165, 1.54) is 12.1 Å². The van der Waals surface area contributed by atoms with Crippen LogP contribution in [0.1, 0.15) is 39.5 Å². The van der Waals surface area contributed by atoms with Crippen LogP contribution in [0.4, 0.5) is 10.2 Å². The zero-order chi connectivity index (χ0) is 27.9. The number of carboxylic acids is 1. The number of nitrogens with zero attached hydrogens (tertiary/aromatic N) is 1. The fourth-order valence-corrected chi connectivity index (χ4v) is 5.26. The van der Waals surface area contributed by atoms with Gasteiger partial charge in [0.05, 0.1) is 7.11 Å². The van der Waals surface area contributed by atoms with Crippen molar-refractivity contribution in [2.45, 2.75) is 39.3 Å². The van der Waals surface area contributed by atoms with Crippen molar-refractivity contribution in [2.75, 3.05) is 12.4 Å². The lowest BCUT2D eigenvalue weighted by Crippen LogP contribution is -2.42. The summed E-state index contributed by atoms with van der Waals surface area (Å²) >= 11 is 1.62. The van der Waals surface area contributed by atoms with E-state index in [4.69, 9.17) is 4.74 Å². The predicted molar refractivity (Wildman–Crippen MR) is 151 cm³/mol. The summed E-state index contributed by atoms with van der Waals surface area (Å²) in [6.07, 6.45) is 2.27. The smallest absolute Gasteiger partial charge is 0.326 e. The number of hydrogen-bond acceptors (Lipinski definition) is 6. The molecule has 0 spiro atoms. The summed E-state index contributed by atoms with van der Waals surface area (Å²) in [7, 11) is 1.62. The molecule has 0 saturated heterocycles. The molecule has 0 aliphatic carbocycles. The van der Waals surface area contributed by atoms with Gasteiger partial charge < -0.3 is 20.5 Å². The minimum absolute atomic E-state index is 0.121. The number of benzene rings is 2. The Morgan fingerprint density at radius 3 is 2.56 bits per heavy atom. The average Bonchev–Trinajstić information content (AvgIpc) is 3.40. The first-order valence-electron chi connectivity index (χ1n) is 12.5. The van der Waals surface area contributed by atoms with E-state index in [1.807, 2.05) is 37.3 Å². The number of carbonyl (C=O) groups is 2. The molecule has 0 radical (unpaired) electrons. The highest BCUT2D eigenvalue weighted by Crippen LogP contribution is 2.28. The maximum atomic E-state index is 13.8. The number of carboxylic acid groups (broad SMARTS) is 1. The van der Waals surface area contributed by atoms with Crippen LogP contribution in [0.15, 0.2) is 66.2 Å². The number of aryl methyl sites for hydroxylation is 2. The fraction of sp³-hybridized carbons (Fsp3) is 0.233. The summed E-state index contributed by atoms with van der Waals surface area (Å²) in [6, 6.07) is 14.8. The van der Waals surface area contributed by atoms with Crippen LogP contribution >= 0.6 is 11.3 Å². The van der Waals surface area contributed by atoms with E-state index in [1.54, 1.807) is 37.6 Å². The number of hydrogen-bond donors (Lipinski definition) is 3. The van der Waals surface area contributed by atoms with Gasteiger partial charge in [-0.3, -0.25) is 4.79 Å². The van der Waals surface area contributed by atoms with E-state index in [0.717, 1.165) is 33.1 Å². The monoisotopic (exact) mass is 547 g/mol. The third-order valence-electron chi connectivity index (χ3n) is 6.37. The molecule has 1 amide bonds. The van der Waals surface area contributed by atoms with Gasteiger partial charge in [-0.25, -0.2) is 14.2 Å². The zero-order valence-corrected chi connectivity index (χ0v) is 22.8. The third-order valence-corrected chi connectivity index (χ3v) is 7.39. The molecule has 0 aliphatic heterocycles. The number of rotatable bonds is 11. The highest BCUT2D eigenvalue weighted by molar-refractivity contribution is 7.13. The summed E-state index contributed by atoms with van der Waals surface area (Å²) < 4.78 is 19.0. The number of pyridine rings is 1. The first-order valence-corrected chi connectivity index (χ1v) is 13.4. The Hall–Kier alpha value is -4.24. The number of amides is 1. The van der Waals surface area contributed by atoms with E-state index >= 15 is 0 Å². The Labute approximate surface area is 230 Å². The van der Waals surface area contributed by atoms with Gasteiger partial charge in [0.25, 0.3) is 5.91 Å². The second-order valence-corrected chi connectivity index (χ2v) is 10.0. The van der Waals surface area contributed by atoms with Crippen molar-refractivity contribution in [1.82, 2.24) is 10.3 Å². The summed E-state index contributed by atoms with van der Waals surface area (Å²) in [4.78, 5) is 30.3. The molecule has 0 bridgehead atoms. The number of methoxy groups -OCH3 is 1. The standard InChI is InChI=1S/C30H30FN3O4S/c1-4-21-14-23(31)11-18(2)28(21)29(35)34-25(30(36)37)12-19-5-7-22(8-6-19)26-13-20(17-39-26)16-33-27-15-24(38-3)9-10-32-27/h5-11,13-15,17,25H,4,12,16H2,1-3H3,(H,32,33)(H,34,35)(H,36,37). The van der Waals surface area contributed by atoms with Gasteiger partial charge in [-0.1, -0.05) is 31.2 Å². The topological polar surface area (TPSA) is 101 Å². The first-order chi connectivity index (χ1) is 18.8. The van der Waals surface area contributed by atoms with Crippen LogP contribution in [0.3, 0.4) is 0 Å². The number of ether oxygens (including phenoxy) is 1. The summed E-state index contributed by atoms with van der Waals surface area (Å²) in [5.41, 5.74) is 4.25. The quantitative estimate of drug-likeness (QED) is 0.217. The maximum Gasteiger partial charge on any atom is 0.326 e. The molecular formula is C30H30FN3O4S. The SMILES string of the molecule is CCc1cc(F)cc(C)c1C(=O)NC(Cc1ccc(-c2cc(CNc3cc(OC)ccn3)cs2)cc1)C(=O)O. The average molecular weight is 548 g/mol. The molecule has 2 heterocycles. The van der Waals surface area contributed by atoms with Crippen molar-refractivity contribution in [3.05, 3.63) is 99.8 Å². The highest BCUT2D eigenvalue weighted by atomic mass is 32.1. The van der Waals surface area contributed by atoms with E-state index in [0.29, 0.717) is 29.7 Å². The molecule has 0 saturated carbocycles. The molecule has 4 rings (SSSR count). The van der Waals surface area contributed by atoms with Gasteiger partial charge in [-0.15, -0.1) is 11.3 Å². The van der Waals surface area contributed by atoms with Gasteiger partial charge in [0.1, 0.15) is 23.4 Å². The first kappa shape index (κ1) is 27.8. The highest BCUT2D eigenvalue weighted by Gasteiger charge is 2.24. The Kier molecular flexibility index (Phi) is 8.93. The van der Waals surface area contributed by atoms with E-state index in [-0.39, 0.29) is 6.42 Å². The van der Waals surface area contributed by atoms with Crippen LogP contribution in [-0.2, 0) is 24.2 Å². The number of carbonyl (C=O) groups excluding carboxylic acids is 1. The predicted octanol–water partition coefficient (Wildman–Crippen LogP) is 5.87. The normalized spacial score (nSPS) is 11.6. The van der Waals surface area contributed by atoms with Crippen molar-refractivity contribution in [2.24, 2.45) is 0 Å². The molecule has 4 aromatic rings. The summed E-state index contributed by atoms with van der Waals surface area (Å²) in [5.74, 6) is -0.603. The molecule has 7 nitrogen and oxygen atoms in total. The molecule has 3 N–H and O–H groups in total. The van der Waals surface area contributed by atoms with Gasteiger partial charge in [-0.2, -0.15) is 0 Å². The van der Waals surface area contributed by atoms with E-state index < -0.39 is 23.7 Å². The number of halogens is 1. The van der Waals surface area contributed by atoms with Crippen molar-refractivity contribution in [1.29, 1.82) is 0 Å². The van der Waals surface area contributed by atoms with Gasteiger partial charge in [0.2, 0.25) is 0 Å². The number of nitrogens with one attached hydrogen (secondary N) is 2. The molecule has 1 unspecified atom stereocenters. The molecule has 1 atom stereocenters. The molecule has 2 aromatic heterocycles. The third kappa shape index (κ3) is 7.00. The number of aliphatic carboxylic acids is 1. The van der Waals surface area contributed by atoms with Crippen LogP contribution < -0.4 is 15.4 Å². The van der Waals surface area contributed by atoms with Crippen molar-refractivity contribution >= 4 is 29.0 Å². The summed E-state index contributed by atoms with van der Waals surface area (Å²) in [6.45, 7) is 4.08. The molecule has 202 valence electrons. The largest absolute Gasteiger partial charge is 0.497 e. The Bertz CT molecular complexity index is 1470. The Morgan fingerprint density at radius 1 is 1.10 bits per heavy atom. The second-order valence-electron chi connectivity index (χ2n) is 9.13. The molecule has 0 fully saturated rings. The molecule has 0 aliphatic rings. The maximum absolute atomic E-state index is 13.8. The molecule has 39 heavy (non-hydrogen) atoms. The van der Waals surface area contributed by atoms with Gasteiger partial charge in [0, 0.05) is 35.7 Å². The van der Waals surface area contributed by atoms with Gasteiger partial charge in [0.15, 0.2) is 0 Å². The zero-order valence-electron chi connectivity index (χ0n) is 22.0. The minimum atomic E-state index is -1.13. The van der Waals surface area contributed by atoms with Crippen molar-refractivity contribution < 1.29 is 23.8 Å². The molecular weight excluding hydrogens is 517 g/mol. The number of thiophene rings is 1. The lowest BCUT2D eigenvalue weighted by molar-refractivity contribution is -0.139. The molecule has 2 aromatic carbocycles. The van der Waals surface area contributed by atoms with E-state index in [2.05, 4.69) is 27.1 Å². The van der Waals surface area contributed by atoms with Crippen LogP contribution in [-0.4, -0.2) is 35.1 Å². The second kappa shape index (κ2) is 12.5. The minimum Gasteiger partial charge on any atom is -0.497 e.